The van der Waals surface area contributed by atoms with Gasteiger partial charge in [-0.05, 0) is 47.1 Å². The first-order valence-corrected chi connectivity index (χ1v) is 10.2. The van der Waals surface area contributed by atoms with Crippen LogP contribution in [0.25, 0.3) is 5.82 Å². The van der Waals surface area contributed by atoms with Crippen LogP contribution in [0.1, 0.15) is 27.3 Å². The number of nitrogens with one attached hydrogen (secondary N) is 1. The van der Waals surface area contributed by atoms with Crippen molar-refractivity contribution >= 4 is 41.1 Å². The van der Waals surface area contributed by atoms with Crippen LogP contribution in [0, 0.1) is 6.92 Å². The summed E-state index contributed by atoms with van der Waals surface area (Å²) in [7, 11) is 0. The molecule has 2 aromatic heterocycles. The van der Waals surface area contributed by atoms with Gasteiger partial charge in [0.2, 0.25) is 11.6 Å². The summed E-state index contributed by atoms with van der Waals surface area (Å²) in [6, 6.07) is 12.4. The Balaban J connectivity index is 1.42. The molecule has 13 heteroatoms. The van der Waals surface area contributed by atoms with Crippen molar-refractivity contribution in [1.29, 1.82) is 0 Å². The number of rotatable bonds is 7. The minimum absolute atomic E-state index is 0.0332. The first-order valence-electron chi connectivity index (χ1n) is 9.43. The Bertz CT molecular complexity index is 1330. The number of aromatic nitrogens is 5. The second kappa shape index (κ2) is 9.67. The number of nitrogen functional groups attached to an aromatic ring is 1. The van der Waals surface area contributed by atoms with E-state index in [2.05, 4.69) is 35.8 Å². The van der Waals surface area contributed by atoms with E-state index < -0.39 is 5.91 Å². The molecule has 4 rings (SSSR count). The lowest BCUT2D eigenvalue weighted by Gasteiger charge is -2.08. The Morgan fingerprint density at radius 2 is 2.12 bits per heavy atom. The molecule has 2 heterocycles. The van der Waals surface area contributed by atoms with E-state index >= 15 is 0 Å². The lowest BCUT2D eigenvalue weighted by Crippen LogP contribution is -2.22. The standard InChI is InChI=1S/C20H16Cl2N8O3/c1-11-17(30(29-25-11)19-18(23)27-33-28-19)20(31)26-24-9-12-3-2-4-15(7-12)32-10-13-5-6-14(21)8-16(13)22/h2-9H,10H2,1H3,(H2,23,27)(H,26,31)/b24-9-. The van der Waals surface area contributed by atoms with Gasteiger partial charge in [-0.25, -0.2) is 10.1 Å². The fraction of sp³-hybridized carbons (Fsp3) is 0.100. The molecule has 0 aliphatic rings. The Kier molecular flexibility index (Phi) is 6.52. The van der Waals surface area contributed by atoms with E-state index in [1.807, 2.05) is 0 Å². The minimum atomic E-state index is -0.569. The molecule has 2 aromatic carbocycles. The van der Waals surface area contributed by atoms with Gasteiger partial charge in [-0.2, -0.15) is 9.78 Å². The van der Waals surface area contributed by atoms with Crippen molar-refractivity contribution in [1.82, 2.24) is 30.7 Å². The molecule has 0 saturated carbocycles. The van der Waals surface area contributed by atoms with Crippen LogP contribution in [-0.2, 0) is 6.61 Å². The van der Waals surface area contributed by atoms with Crippen molar-refractivity contribution in [3.05, 3.63) is 75.0 Å². The Morgan fingerprint density at radius 1 is 1.27 bits per heavy atom. The summed E-state index contributed by atoms with van der Waals surface area (Å²) in [6.45, 7) is 1.88. The van der Waals surface area contributed by atoms with Crippen LogP contribution < -0.4 is 15.9 Å². The van der Waals surface area contributed by atoms with E-state index in [1.165, 1.54) is 6.21 Å². The maximum Gasteiger partial charge on any atom is 0.292 e. The third kappa shape index (κ3) is 5.10. The van der Waals surface area contributed by atoms with Crippen molar-refractivity contribution < 1.29 is 14.2 Å². The zero-order chi connectivity index (χ0) is 23.4. The first kappa shape index (κ1) is 22.2. The molecule has 0 spiro atoms. The molecular formula is C20H16Cl2N8O3. The van der Waals surface area contributed by atoms with Gasteiger partial charge in [0, 0.05) is 15.6 Å². The molecule has 0 atom stereocenters. The molecule has 3 N–H and O–H groups in total. The Morgan fingerprint density at radius 3 is 2.88 bits per heavy atom. The van der Waals surface area contributed by atoms with Crippen molar-refractivity contribution in [2.24, 2.45) is 5.10 Å². The average Bonchev–Trinajstić information content (AvgIpc) is 3.38. The largest absolute Gasteiger partial charge is 0.489 e. The number of carbonyl (C=O) groups excluding carboxylic acids is 1. The highest BCUT2D eigenvalue weighted by Gasteiger charge is 2.22. The number of benzene rings is 2. The molecule has 0 saturated heterocycles. The molecule has 0 aliphatic heterocycles. The summed E-state index contributed by atoms with van der Waals surface area (Å²) in [6.07, 6.45) is 1.47. The summed E-state index contributed by atoms with van der Waals surface area (Å²) in [5, 5.41) is 19.9. The lowest BCUT2D eigenvalue weighted by molar-refractivity contribution is 0.0946. The highest BCUT2D eigenvalue weighted by molar-refractivity contribution is 6.35. The molecule has 0 fully saturated rings. The number of ether oxygens (including phenoxy) is 1. The third-order valence-corrected chi connectivity index (χ3v) is 4.98. The number of amides is 1. The van der Waals surface area contributed by atoms with Crippen molar-refractivity contribution in [3.63, 3.8) is 0 Å². The normalized spacial score (nSPS) is 11.1. The molecule has 0 unspecified atom stereocenters. The van der Waals surface area contributed by atoms with Gasteiger partial charge < -0.3 is 10.5 Å². The zero-order valence-corrected chi connectivity index (χ0v) is 18.6. The van der Waals surface area contributed by atoms with Crippen LogP contribution in [0.2, 0.25) is 10.0 Å². The number of carbonyl (C=O) groups is 1. The van der Waals surface area contributed by atoms with Gasteiger partial charge in [0.05, 0.1) is 11.9 Å². The highest BCUT2D eigenvalue weighted by Crippen LogP contribution is 2.23. The van der Waals surface area contributed by atoms with Crippen LogP contribution in [0.5, 0.6) is 5.75 Å². The minimum Gasteiger partial charge on any atom is -0.489 e. The van der Waals surface area contributed by atoms with Gasteiger partial charge in [-0.15, -0.1) is 5.10 Å². The predicted molar refractivity (Wildman–Crippen MR) is 121 cm³/mol. The smallest absolute Gasteiger partial charge is 0.292 e. The fourth-order valence-electron chi connectivity index (χ4n) is 2.81. The van der Waals surface area contributed by atoms with Crippen molar-refractivity contribution in [2.75, 3.05) is 5.73 Å². The maximum atomic E-state index is 12.6. The van der Waals surface area contributed by atoms with E-state index in [4.69, 9.17) is 33.7 Å². The van der Waals surface area contributed by atoms with Crippen LogP contribution in [0.4, 0.5) is 5.82 Å². The fourth-order valence-corrected chi connectivity index (χ4v) is 3.27. The molecule has 11 nitrogen and oxygen atoms in total. The van der Waals surface area contributed by atoms with E-state index in [-0.39, 0.29) is 23.9 Å². The Hall–Kier alpha value is -3.96. The number of aryl methyl sites for hydroxylation is 1. The van der Waals surface area contributed by atoms with E-state index in [9.17, 15) is 4.79 Å². The number of hydrogen-bond donors (Lipinski definition) is 2. The van der Waals surface area contributed by atoms with Crippen LogP contribution in [0.15, 0.2) is 52.2 Å². The zero-order valence-electron chi connectivity index (χ0n) is 17.1. The third-order valence-electron chi connectivity index (χ3n) is 4.40. The van der Waals surface area contributed by atoms with Crippen LogP contribution in [0.3, 0.4) is 0 Å². The summed E-state index contributed by atoms with van der Waals surface area (Å²) < 4.78 is 11.5. The molecular weight excluding hydrogens is 471 g/mol. The predicted octanol–water partition coefficient (Wildman–Crippen LogP) is 3.19. The molecule has 0 radical (unpaired) electrons. The van der Waals surface area contributed by atoms with Crippen molar-refractivity contribution in [2.45, 2.75) is 13.5 Å². The lowest BCUT2D eigenvalue weighted by atomic mass is 10.2. The molecule has 4 aromatic rings. The monoisotopic (exact) mass is 486 g/mol. The highest BCUT2D eigenvalue weighted by atomic mass is 35.5. The maximum absolute atomic E-state index is 12.6. The summed E-state index contributed by atoms with van der Waals surface area (Å²) in [5.41, 5.74) is 10.0. The Labute approximate surface area is 197 Å². The van der Waals surface area contributed by atoms with E-state index in [0.29, 0.717) is 27.1 Å². The van der Waals surface area contributed by atoms with E-state index in [1.54, 1.807) is 49.4 Å². The van der Waals surface area contributed by atoms with Crippen LogP contribution >= 0.6 is 23.2 Å². The van der Waals surface area contributed by atoms with E-state index in [0.717, 1.165) is 10.2 Å². The SMILES string of the molecule is Cc1nnn(-c2nonc2N)c1C(=O)N/N=C\c1cccc(OCc2ccc(Cl)cc2Cl)c1. The van der Waals surface area contributed by atoms with Gasteiger partial charge in [0.25, 0.3) is 5.91 Å². The number of nitrogens with zero attached hydrogens (tertiary/aromatic N) is 6. The molecule has 1 amide bonds. The second-order valence-corrected chi connectivity index (χ2v) is 7.55. The topological polar surface area (TPSA) is 146 Å². The summed E-state index contributed by atoms with van der Waals surface area (Å²) in [4.78, 5) is 12.6. The number of halogens is 2. The number of nitrogens with two attached hydrogens (primary N) is 1. The molecule has 168 valence electrons. The van der Waals surface area contributed by atoms with Gasteiger partial charge in [-0.1, -0.05) is 46.6 Å². The molecule has 0 bridgehead atoms. The quantitative estimate of drug-likeness (QED) is 0.299. The van der Waals surface area contributed by atoms with Crippen LogP contribution in [-0.4, -0.2) is 37.4 Å². The van der Waals surface area contributed by atoms with Gasteiger partial charge in [0.1, 0.15) is 12.4 Å². The molecule has 33 heavy (non-hydrogen) atoms. The van der Waals surface area contributed by atoms with Crippen molar-refractivity contribution in [3.8, 4) is 11.6 Å². The average molecular weight is 487 g/mol. The number of hydrazone groups is 1. The number of hydrogen-bond acceptors (Lipinski definition) is 9. The molecule has 0 aliphatic carbocycles. The van der Waals surface area contributed by atoms with Gasteiger partial charge in [0.15, 0.2) is 5.69 Å². The van der Waals surface area contributed by atoms with Gasteiger partial charge in [-0.3, -0.25) is 4.79 Å². The van der Waals surface area contributed by atoms with Gasteiger partial charge >= 0.3 is 0 Å². The number of anilines is 1. The summed E-state index contributed by atoms with van der Waals surface area (Å²) in [5.74, 6) is 0.0499. The summed E-state index contributed by atoms with van der Waals surface area (Å²) >= 11 is 12.1. The first-order chi connectivity index (χ1) is 15.9. The second-order valence-electron chi connectivity index (χ2n) is 6.70.